The standard InChI is InChI=1S/C20H21N5O/c1-11-5-7-15(8-6-11)16-10-17(26)23-19-18(16)14(4)24-25(19)20-21-12(2)9-13(3)22-20/h5-9,16H,10H2,1-4H3,(H,23,26)/t16-/m1/s1. The molecule has 0 aliphatic carbocycles. The Bertz CT molecular complexity index is 984. The fourth-order valence-corrected chi connectivity index (χ4v) is 3.58. The van der Waals surface area contributed by atoms with Gasteiger partial charge in [0.2, 0.25) is 5.91 Å². The van der Waals surface area contributed by atoms with Crippen LogP contribution in [0.1, 0.15) is 46.1 Å². The van der Waals surface area contributed by atoms with E-state index in [0.717, 1.165) is 28.2 Å². The smallest absolute Gasteiger partial charge is 0.252 e. The number of carbonyl (C=O) groups excluding carboxylic acids is 1. The van der Waals surface area contributed by atoms with E-state index in [2.05, 4.69) is 51.6 Å². The van der Waals surface area contributed by atoms with Gasteiger partial charge in [-0.2, -0.15) is 9.78 Å². The van der Waals surface area contributed by atoms with E-state index in [0.29, 0.717) is 18.2 Å². The van der Waals surface area contributed by atoms with Gasteiger partial charge in [-0.05, 0) is 39.3 Å². The highest BCUT2D eigenvalue weighted by molar-refractivity contribution is 5.95. The molecule has 4 rings (SSSR count). The van der Waals surface area contributed by atoms with Gasteiger partial charge in [-0.1, -0.05) is 29.8 Å². The Kier molecular flexibility index (Phi) is 3.83. The lowest BCUT2D eigenvalue weighted by molar-refractivity contribution is -0.116. The highest BCUT2D eigenvalue weighted by atomic mass is 16.1. The zero-order valence-electron chi connectivity index (χ0n) is 15.4. The van der Waals surface area contributed by atoms with Crippen molar-refractivity contribution in [1.82, 2.24) is 19.7 Å². The number of carbonyl (C=O) groups is 1. The molecule has 2 aromatic heterocycles. The number of fused-ring (bicyclic) bond motifs is 1. The third-order valence-corrected chi connectivity index (χ3v) is 4.74. The average molecular weight is 347 g/mol. The van der Waals surface area contributed by atoms with Gasteiger partial charge in [-0.15, -0.1) is 0 Å². The zero-order valence-corrected chi connectivity index (χ0v) is 15.4. The summed E-state index contributed by atoms with van der Waals surface area (Å²) in [7, 11) is 0. The lowest BCUT2D eigenvalue weighted by Crippen LogP contribution is -2.25. The Morgan fingerprint density at radius 1 is 1.04 bits per heavy atom. The first-order valence-corrected chi connectivity index (χ1v) is 8.71. The van der Waals surface area contributed by atoms with Crippen LogP contribution in [0.2, 0.25) is 0 Å². The van der Waals surface area contributed by atoms with Gasteiger partial charge in [0, 0.05) is 29.3 Å². The fourth-order valence-electron chi connectivity index (χ4n) is 3.58. The van der Waals surface area contributed by atoms with E-state index in [4.69, 9.17) is 0 Å². The lowest BCUT2D eigenvalue weighted by Gasteiger charge is -2.24. The Labute approximate surface area is 152 Å². The van der Waals surface area contributed by atoms with Crippen LogP contribution in [0, 0.1) is 27.7 Å². The molecule has 132 valence electrons. The molecule has 0 fully saturated rings. The summed E-state index contributed by atoms with van der Waals surface area (Å²) in [6.07, 6.45) is 0.413. The van der Waals surface area contributed by atoms with Gasteiger partial charge in [0.15, 0.2) is 0 Å². The third kappa shape index (κ3) is 2.77. The predicted octanol–water partition coefficient (Wildman–Crippen LogP) is 3.37. The molecule has 26 heavy (non-hydrogen) atoms. The van der Waals surface area contributed by atoms with Gasteiger partial charge >= 0.3 is 0 Å². The van der Waals surface area contributed by atoms with Gasteiger partial charge < -0.3 is 5.32 Å². The van der Waals surface area contributed by atoms with E-state index >= 15 is 0 Å². The van der Waals surface area contributed by atoms with Gasteiger partial charge in [0.25, 0.3) is 5.95 Å². The predicted molar refractivity (Wildman–Crippen MR) is 99.6 cm³/mol. The summed E-state index contributed by atoms with van der Waals surface area (Å²) in [5.41, 5.74) is 5.98. The molecular formula is C20H21N5O. The van der Waals surface area contributed by atoms with Crippen LogP contribution in [0.15, 0.2) is 30.3 Å². The van der Waals surface area contributed by atoms with E-state index in [9.17, 15) is 4.79 Å². The molecule has 1 aliphatic heterocycles. The summed E-state index contributed by atoms with van der Waals surface area (Å²) in [6.45, 7) is 7.88. The second-order valence-corrected chi connectivity index (χ2v) is 6.93. The number of aromatic nitrogens is 4. The normalized spacial score (nSPS) is 16.3. The van der Waals surface area contributed by atoms with Crippen LogP contribution >= 0.6 is 0 Å². The summed E-state index contributed by atoms with van der Waals surface area (Å²) in [6, 6.07) is 10.3. The Hall–Kier alpha value is -3.02. The van der Waals surface area contributed by atoms with E-state index in [1.807, 2.05) is 26.8 Å². The average Bonchev–Trinajstić information content (AvgIpc) is 2.91. The molecule has 6 nitrogen and oxygen atoms in total. The number of aryl methyl sites for hydroxylation is 4. The quantitative estimate of drug-likeness (QED) is 0.771. The maximum atomic E-state index is 12.4. The van der Waals surface area contributed by atoms with E-state index in [-0.39, 0.29) is 11.8 Å². The van der Waals surface area contributed by atoms with E-state index in [1.165, 1.54) is 5.56 Å². The van der Waals surface area contributed by atoms with Gasteiger partial charge in [0.05, 0.1) is 5.69 Å². The minimum Gasteiger partial charge on any atom is -0.310 e. The van der Waals surface area contributed by atoms with Crippen molar-refractivity contribution in [2.45, 2.75) is 40.0 Å². The van der Waals surface area contributed by atoms with Crippen molar-refractivity contribution in [2.24, 2.45) is 0 Å². The number of anilines is 1. The minimum atomic E-state index is -0.0198. The molecule has 1 aliphatic rings. The topological polar surface area (TPSA) is 72.7 Å². The Morgan fingerprint density at radius 2 is 1.69 bits per heavy atom. The maximum Gasteiger partial charge on any atom is 0.252 e. The summed E-state index contributed by atoms with van der Waals surface area (Å²) in [5.74, 6) is 1.12. The molecule has 0 saturated carbocycles. The Balaban J connectivity index is 1.88. The summed E-state index contributed by atoms with van der Waals surface area (Å²) < 4.78 is 1.66. The SMILES string of the molecule is Cc1ccc([C@H]2CC(=O)Nc3c2c(C)nn3-c2nc(C)cc(C)n2)cc1. The van der Waals surface area contributed by atoms with Crippen molar-refractivity contribution in [2.75, 3.05) is 5.32 Å². The first-order valence-electron chi connectivity index (χ1n) is 8.71. The molecule has 0 unspecified atom stereocenters. The monoisotopic (exact) mass is 347 g/mol. The van der Waals surface area contributed by atoms with E-state index in [1.54, 1.807) is 4.68 Å². The molecule has 1 amide bonds. The zero-order chi connectivity index (χ0) is 18.4. The highest BCUT2D eigenvalue weighted by Gasteiger charge is 2.33. The van der Waals surface area contributed by atoms with Crippen LogP contribution in [0.5, 0.6) is 0 Å². The second-order valence-electron chi connectivity index (χ2n) is 6.93. The van der Waals surface area contributed by atoms with Crippen LogP contribution in [0.4, 0.5) is 5.82 Å². The minimum absolute atomic E-state index is 0.0148. The number of hydrogen-bond acceptors (Lipinski definition) is 4. The second kappa shape index (κ2) is 6.05. The van der Waals surface area contributed by atoms with Crippen molar-refractivity contribution in [3.63, 3.8) is 0 Å². The van der Waals surface area contributed by atoms with Crippen LogP contribution in [-0.4, -0.2) is 25.7 Å². The van der Waals surface area contributed by atoms with Gasteiger partial charge in [0.1, 0.15) is 5.82 Å². The van der Waals surface area contributed by atoms with E-state index < -0.39 is 0 Å². The number of benzene rings is 1. The molecule has 0 spiro atoms. The number of amides is 1. The van der Waals surface area contributed by atoms with Gasteiger partial charge in [-0.25, -0.2) is 9.97 Å². The largest absolute Gasteiger partial charge is 0.310 e. The summed E-state index contributed by atoms with van der Waals surface area (Å²) >= 11 is 0. The van der Waals surface area contributed by atoms with Crippen molar-refractivity contribution >= 4 is 11.7 Å². The number of hydrogen-bond donors (Lipinski definition) is 1. The molecule has 1 N–H and O–H groups in total. The van der Waals surface area contributed by atoms with Crippen molar-refractivity contribution in [1.29, 1.82) is 0 Å². The van der Waals surface area contributed by atoms with Crippen molar-refractivity contribution in [3.05, 3.63) is 64.1 Å². The highest BCUT2D eigenvalue weighted by Crippen LogP contribution is 2.39. The molecular weight excluding hydrogens is 326 g/mol. The summed E-state index contributed by atoms with van der Waals surface area (Å²) in [4.78, 5) is 21.4. The van der Waals surface area contributed by atoms with Crippen LogP contribution in [0.25, 0.3) is 5.95 Å². The molecule has 0 bridgehead atoms. The molecule has 3 heterocycles. The van der Waals surface area contributed by atoms with Crippen LogP contribution in [0.3, 0.4) is 0 Å². The molecule has 1 atom stereocenters. The molecule has 3 aromatic rings. The first kappa shape index (κ1) is 16.4. The van der Waals surface area contributed by atoms with Gasteiger partial charge in [-0.3, -0.25) is 4.79 Å². The molecule has 6 heteroatoms. The molecule has 0 saturated heterocycles. The third-order valence-electron chi connectivity index (χ3n) is 4.74. The summed E-state index contributed by atoms with van der Waals surface area (Å²) in [5, 5.41) is 7.63. The first-order chi connectivity index (χ1) is 12.4. The molecule has 1 aromatic carbocycles. The fraction of sp³-hybridized carbons (Fsp3) is 0.300. The van der Waals surface area contributed by atoms with Crippen LogP contribution < -0.4 is 5.32 Å². The van der Waals surface area contributed by atoms with Crippen molar-refractivity contribution < 1.29 is 4.79 Å². The Morgan fingerprint density at radius 3 is 2.35 bits per heavy atom. The number of rotatable bonds is 2. The van der Waals surface area contributed by atoms with Crippen LogP contribution in [-0.2, 0) is 4.79 Å². The lowest BCUT2D eigenvalue weighted by atomic mass is 9.85. The molecule has 0 radical (unpaired) electrons. The maximum absolute atomic E-state index is 12.4. The number of nitrogens with zero attached hydrogens (tertiary/aromatic N) is 4. The number of nitrogens with one attached hydrogen (secondary N) is 1. The van der Waals surface area contributed by atoms with Crippen molar-refractivity contribution in [3.8, 4) is 5.95 Å².